The summed E-state index contributed by atoms with van der Waals surface area (Å²) in [4.78, 5) is 18.0. The monoisotopic (exact) mass is 191 g/mol. The summed E-state index contributed by atoms with van der Waals surface area (Å²) in [5.74, 6) is 0. The Morgan fingerprint density at radius 3 is 2.71 bits per heavy atom. The van der Waals surface area contributed by atoms with Gasteiger partial charge in [0.05, 0.1) is 0 Å². The number of fused-ring (bicyclic) bond motifs is 1. The Hall–Kier alpha value is -1.84. The Morgan fingerprint density at radius 2 is 2.14 bits per heavy atom. The molecule has 0 fully saturated rings. The van der Waals surface area contributed by atoms with E-state index < -0.39 is 0 Å². The zero-order chi connectivity index (χ0) is 10.4. The molecule has 0 saturated heterocycles. The summed E-state index contributed by atoms with van der Waals surface area (Å²) in [6.07, 6.45) is 4.41. The molecule has 4 nitrogen and oxygen atoms in total. The number of amides is 1. The van der Waals surface area contributed by atoms with E-state index in [2.05, 4.69) is 9.97 Å². The Kier molecular flexibility index (Phi) is 3.67. The van der Waals surface area contributed by atoms with Crippen LogP contribution in [-0.2, 0) is 4.79 Å². The largest absolute Gasteiger partial charge is 0.351 e. The number of carbonyl (C=O) groups is 1. The summed E-state index contributed by atoms with van der Waals surface area (Å²) in [7, 11) is 3.38. The Balaban J connectivity index is 0.000000171. The highest BCUT2D eigenvalue weighted by Gasteiger charge is 1.88. The van der Waals surface area contributed by atoms with Crippen molar-refractivity contribution in [2.24, 2.45) is 0 Å². The smallest absolute Gasteiger partial charge is 0.209 e. The van der Waals surface area contributed by atoms with E-state index in [0.717, 1.165) is 17.4 Å². The average Bonchev–Trinajstić information content (AvgIpc) is 2.66. The SMILES string of the molecule is CN(C)C=O.c1cnc2[nH]ccc2c1. The van der Waals surface area contributed by atoms with Gasteiger partial charge in [0.1, 0.15) is 5.65 Å². The first-order chi connectivity index (χ1) is 6.74. The van der Waals surface area contributed by atoms with Gasteiger partial charge >= 0.3 is 0 Å². The van der Waals surface area contributed by atoms with E-state index in [1.165, 1.54) is 4.90 Å². The van der Waals surface area contributed by atoms with E-state index in [1.54, 1.807) is 20.3 Å². The van der Waals surface area contributed by atoms with Gasteiger partial charge in [0, 0.05) is 31.9 Å². The van der Waals surface area contributed by atoms with Gasteiger partial charge in [0.15, 0.2) is 0 Å². The fourth-order valence-electron chi connectivity index (χ4n) is 0.883. The number of hydrogen-bond acceptors (Lipinski definition) is 2. The second-order valence-corrected chi connectivity index (χ2v) is 2.99. The zero-order valence-electron chi connectivity index (χ0n) is 8.27. The Labute approximate surface area is 82.6 Å². The second-order valence-electron chi connectivity index (χ2n) is 2.99. The topological polar surface area (TPSA) is 49.0 Å². The van der Waals surface area contributed by atoms with Crippen LogP contribution in [0.15, 0.2) is 30.6 Å². The average molecular weight is 191 g/mol. The van der Waals surface area contributed by atoms with E-state index in [4.69, 9.17) is 0 Å². The molecule has 0 aliphatic heterocycles. The van der Waals surface area contributed by atoms with E-state index >= 15 is 0 Å². The van der Waals surface area contributed by atoms with Crippen molar-refractivity contribution >= 4 is 17.4 Å². The molecule has 0 saturated carbocycles. The number of nitrogens with one attached hydrogen (secondary N) is 1. The minimum atomic E-state index is 0.750. The van der Waals surface area contributed by atoms with Gasteiger partial charge in [0.25, 0.3) is 0 Å². The summed E-state index contributed by atoms with van der Waals surface area (Å²) in [6, 6.07) is 5.96. The summed E-state index contributed by atoms with van der Waals surface area (Å²) >= 11 is 0. The van der Waals surface area contributed by atoms with Crippen molar-refractivity contribution in [3.8, 4) is 0 Å². The summed E-state index contributed by atoms with van der Waals surface area (Å²) in [5.41, 5.74) is 0.956. The third-order valence-electron chi connectivity index (χ3n) is 1.53. The maximum absolute atomic E-state index is 9.43. The van der Waals surface area contributed by atoms with Crippen LogP contribution < -0.4 is 0 Å². The zero-order valence-corrected chi connectivity index (χ0v) is 8.27. The number of H-pyrrole nitrogens is 1. The molecule has 2 rings (SSSR count). The van der Waals surface area contributed by atoms with Crippen LogP contribution >= 0.6 is 0 Å². The lowest BCUT2D eigenvalue weighted by Crippen LogP contribution is -2.06. The molecule has 0 aliphatic carbocycles. The fraction of sp³-hybridized carbons (Fsp3) is 0.200. The first kappa shape index (κ1) is 10.2. The molecule has 2 aromatic rings. The molecule has 1 amide bonds. The molecule has 2 aromatic heterocycles. The predicted octanol–water partition coefficient (Wildman–Crippen LogP) is 1.27. The molecule has 14 heavy (non-hydrogen) atoms. The molecular formula is C10H13N3O. The number of hydrogen-bond donors (Lipinski definition) is 1. The number of aromatic amines is 1. The first-order valence-electron chi connectivity index (χ1n) is 4.24. The van der Waals surface area contributed by atoms with Crippen molar-refractivity contribution in [1.29, 1.82) is 0 Å². The van der Waals surface area contributed by atoms with E-state index in [9.17, 15) is 4.79 Å². The van der Waals surface area contributed by atoms with Gasteiger partial charge in [-0.1, -0.05) is 0 Å². The lowest BCUT2D eigenvalue weighted by molar-refractivity contribution is -0.115. The quantitative estimate of drug-likeness (QED) is 0.690. The predicted molar refractivity (Wildman–Crippen MR) is 55.8 cm³/mol. The molecule has 4 heteroatoms. The maximum atomic E-state index is 9.43. The van der Waals surface area contributed by atoms with Gasteiger partial charge in [-0.3, -0.25) is 4.79 Å². The number of nitrogens with zero attached hydrogens (tertiary/aromatic N) is 2. The molecule has 0 spiro atoms. The molecule has 0 aliphatic rings. The van der Waals surface area contributed by atoms with Crippen molar-refractivity contribution in [2.45, 2.75) is 0 Å². The second kappa shape index (κ2) is 5.01. The van der Waals surface area contributed by atoms with Gasteiger partial charge in [-0.25, -0.2) is 4.98 Å². The molecule has 2 heterocycles. The normalized spacial score (nSPS) is 9.00. The van der Waals surface area contributed by atoms with E-state index in [-0.39, 0.29) is 0 Å². The van der Waals surface area contributed by atoms with Crippen LogP contribution in [-0.4, -0.2) is 35.4 Å². The highest BCUT2D eigenvalue weighted by atomic mass is 16.1. The van der Waals surface area contributed by atoms with Crippen molar-refractivity contribution in [2.75, 3.05) is 14.1 Å². The van der Waals surface area contributed by atoms with Crippen molar-refractivity contribution in [3.05, 3.63) is 30.6 Å². The number of rotatable bonds is 1. The fourth-order valence-corrected chi connectivity index (χ4v) is 0.883. The van der Waals surface area contributed by atoms with Crippen molar-refractivity contribution in [3.63, 3.8) is 0 Å². The van der Waals surface area contributed by atoms with Gasteiger partial charge < -0.3 is 9.88 Å². The van der Waals surface area contributed by atoms with Crippen LogP contribution in [0, 0.1) is 0 Å². The minimum Gasteiger partial charge on any atom is -0.351 e. The standard InChI is InChI=1S/C7H6N2.C3H7NO/c1-2-6-3-5-9-7(6)8-4-1;1-4(2)3-5/h1-5H,(H,8,9);3H,1-2H3. The lowest BCUT2D eigenvalue weighted by atomic mass is 10.3. The molecule has 0 aromatic carbocycles. The van der Waals surface area contributed by atoms with Crippen LogP contribution in [0.4, 0.5) is 0 Å². The highest BCUT2D eigenvalue weighted by Crippen LogP contribution is 2.05. The van der Waals surface area contributed by atoms with Crippen LogP contribution in [0.2, 0.25) is 0 Å². The van der Waals surface area contributed by atoms with Gasteiger partial charge in [-0.15, -0.1) is 0 Å². The molecule has 0 bridgehead atoms. The van der Waals surface area contributed by atoms with Crippen LogP contribution in [0.1, 0.15) is 0 Å². The number of aromatic nitrogens is 2. The van der Waals surface area contributed by atoms with Crippen molar-refractivity contribution < 1.29 is 4.79 Å². The van der Waals surface area contributed by atoms with Gasteiger partial charge in [-0.05, 0) is 18.2 Å². The lowest BCUT2D eigenvalue weighted by Gasteiger charge is -1.93. The molecule has 0 atom stereocenters. The third-order valence-corrected chi connectivity index (χ3v) is 1.53. The van der Waals surface area contributed by atoms with Crippen LogP contribution in [0.25, 0.3) is 11.0 Å². The maximum Gasteiger partial charge on any atom is 0.209 e. The highest BCUT2D eigenvalue weighted by molar-refractivity contribution is 5.74. The molecule has 1 N–H and O–H groups in total. The van der Waals surface area contributed by atoms with Crippen molar-refractivity contribution in [1.82, 2.24) is 14.9 Å². The molecular weight excluding hydrogens is 178 g/mol. The third kappa shape index (κ3) is 2.90. The Morgan fingerprint density at radius 1 is 1.43 bits per heavy atom. The first-order valence-corrected chi connectivity index (χ1v) is 4.24. The van der Waals surface area contributed by atoms with E-state index in [1.807, 2.05) is 24.4 Å². The number of carbonyl (C=O) groups excluding carboxylic acids is 1. The van der Waals surface area contributed by atoms with Crippen LogP contribution in [0.5, 0.6) is 0 Å². The van der Waals surface area contributed by atoms with Gasteiger partial charge in [-0.2, -0.15) is 0 Å². The summed E-state index contributed by atoms with van der Waals surface area (Å²) < 4.78 is 0. The van der Waals surface area contributed by atoms with Crippen LogP contribution in [0.3, 0.4) is 0 Å². The summed E-state index contributed by atoms with van der Waals surface area (Å²) in [6.45, 7) is 0. The van der Waals surface area contributed by atoms with Gasteiger partial charge in [0.2, 0.25) is 6.41 Å². The Bertz CT molecular complexity index is 365. The number of pyridine rings is 1. The van der Waals surface area contributed by atoms with E-state index in [0.29, 0.717) is 0 Å². The minimum absolute atomic E-state index is 0.750. The molecule has 74 valence electrons. The molecule has 0 radical (unpaired) electrons. The molecule has 0 unspecified atom stereocenters. The summed E-state index contributed by atoms with van der Waals surface area (Å²) in [5, 5.41) is 1.16.